The first-order valence-electron chi connectivity index (χ1n) is 5.20. The normalized spacial score (nSPS) is 14.2. The molecule has 1 unspecified atom stereocenters. The summed E-state index contributed by atoms with van der Waals surface area (Å²) in [4.78, 5) is 5.51. The third-order valence-corrected chi connectivity index (χ3v) is 3.60. The summed E-state index contributed by atoms with van der Waals surface area (Å²) in [7, 11) is 0. The van der Waals surface area contributed by atoms with Gasteiger partial charge >= 0.3 is 0 Å². The van der Waals surface area contributed by atoms with E-state index in [2.05, 4.69) is 17.2 Å². The SMILES string of the molecule is Cc1ncsc1C(C)NCC(C)(C)CO. The van der Waals surface area contributed by atoms with Crippen molar-refractivity contribution in [3.05, 3.63) is 16.1 Å². The van der Waals surface area contributed by atoms with Gasteiger partial charge in [0.25, 0.3) is 0 Å². The lowest BCUT2D eigenvalue weighted by Gasteiger charge is -2.24. The maximum Gasteiger partial charge on any atom is 0.0798 e. The minimum atomic E-state index is -0.0626. The van der Waals surface area contributed by atoms with E-state index in [1.165, 1.54) is 4.88 Å². The Morgan fingerprint density at radius 3 is 2.73 bits per heavy atom. The number of aliphatic hydroxyl groups excluding tert-OH is 1. The first-order valence-corrected chi connectivity index (χ1v) is 6.08. The average Bonchev–Trinajstić information content (AvgIpc) is 2.61. The summed E-state index contributed by atoms with van der Waals surface area (Å²) >= 11 is 1.68. The molecule has 0 aliphatic rings. The lowest BCUT2D eigenvalue weighted by atomic mass is 9.94. The average molecular weight is 228 g/mol. The van der Waals surface area contributed by atoms with Crippen molar-refractivity contribution < 1.29 is 5.11 Å². The summed E-state index contributed by atoms with van der Waals surface area (Å²) in [6, 6.07) is 0.309. The van der Waals surface area contributed by atoms with Crippen LogP contribution < -0.4 is 5.32 Å². The highest BCUT2D eigenvalue weighted by Crippen LogP contribution is 2.22. The van der Waals surface area contributed by atoms with Crippen molar-refractivity contribution in [2.75, 3.05) is 13.2 Å². The number of nitrogens with one attached hydrogen (secondary N) is 1. The second-order valence-corrected chi connectivity index (χ2v) is 5.61. The third-order valence-electron chi connectivity index (χ3n) is 2.49. The van der Waals surface area contributed by atoms with E-state index >= 15 is 0 Å². The zero-order valence-electron chi connectivity index (χ0n) is 9.87. The summed E-state index contributed by atoms with van der Waals surface area (Å²) in [5, 5.41) is 12.6. The quantitative estimate of drug-likeness (QED) is 0.811. The number of aromatic nitrogens is 1. The van der Waals surface area contributed by atoms with Crippen LogP contribution in [-0.4, -0.2) is 23.2 Å². The number of nitrogens with zero attached hydrogens (tertiary/aromatic N) is 1. The van der Waals surface area contributed by atoms with Crippen molar-refractivity contribution in [3.63, 3.8) is 0 Å². The van der Waals surface area contributed by atoms with Gasteiger partial charge in [0, 0.05) is 29.5 Å². The zero-order chi connectivity index (χ0) is 11.5. The van der Waals surface area contributed by atoms with Crippen molar-refractivity contribution in [3.8, 4) is 0 Å². The summed E-state index contributed by atoms with van der Waals surface area (Å²) in [6.07, 6.45) is 0. The molecule has 0 aliphatic carbocycles. The fourth-order valence-electron chi connectivity index (χ4n) is 1.30. The summed E-state index contributed by atoms with van der Waals surface area (Å²) in [5.41, 5.74) is 2.91. The molecule has 0 aliphatic heterocycles. The molecular weight excluding hydrogens is 208 g/mol. The molecule has 1 aromatic heterocycles. The molecule has 86 valence electrons. The second-order valence-electron chi connectivity index (χ2n) is 4.73. The Bertz CT molecular complexity index is 309. The van der Waals surface area contributed by atoms with Crippen LogP contribution >= 0.6 is 11.3 Å². The molecule has 0 fully saturated rings. The highest BCUT2D eigenvalue weighted by molar-refractivity contribution is 7.09. The first kappa shape index (κ1) is 12.6. The van der Waals surface area contributed by atoms with Crippen molar-refractivity contribution in [1.29, 1.82) is 0 Å². The highest BCUT2D eigenvalue weighted by Gasteiger charge is 2.18. The van der Waals surface area contributed by atoms with Crippen LogP contribution in [0.2, 0.25) is 0 Å². The van der Waals surface area contributed by atoms with E-state index in [1.54, 1.807) is 11.3 Å². The van der Waals surface area contributed by atoms with E-state index in [4.69, 9.17) is 5.11 Å². The molecule has 1 atom stereocenters. The molecule has 0 radical (unpaired) electrons. The molecule has 15 heavy (non-hydrogen) atoms. The number of hydrogen-bond acceptors (Lipinski definition) is 4. The molecule has 4 heteroatoms. The van der Waals surface area contributed by atoms with Gasteiger partial charge in [0.2, 0.25) is 0 Å². The van der Waals surface area contributed by atoms with E-state index < -0.39 is 0 Å². The van der Waals surface area contributed by atoms with Crippen LogP contribution in [0.4, 0.5) is 0 Å². The number of aryl methyl sites for hydroxylation is 1. The predicted molar refractivity (Wildman–Crippen MR) is 64.1 cm³/mol. The molecule has 1 rings (SSSR count). The summed E-state index contributed by atoms with van der Waals surface area (Å²) < 4.78 is 0. The Balaban J connectivity index is 2.50. The Hall–Kier alpha value is -0.450. The van der Waals surface area contributed by atoms with E-state index in [-0.39, 0.29) is 12.0 Å². The van der Waals surface area contributed by atoms with Crippen molar-refractivity contribution in [1.82, 2.24) is 10.3 Å². The largest absolute Gasteiger partial charge is 0.396 e. The van der Waals surface area contributed by atoms with Crippen LogP contribution in [0, 0.1) is 12.3 Å². The molecule has 1 aromatic rings. The fourth-order valence-corrected chi connectivity index (χ4v) is 2.14. The fraction of sp³-hybridized carbons (Fsp3) is 0.727. The molecule has 0 spiro atoms. The molecule has 0 aromatic carbocycles. The van der Waals surface area contributed by atoms with Crippen molar-refractivity contribution in [2.24, 2.45) is 5.41 Å². The van der Waals surface area contributed by atoms with Crippen LogP contribution in [0.1, 0.15) is 37.4 Å². The maximum atomic E-state index is 9.14. The molecule has 2 N–H and O–H groups in total. The predicted octanol–water partition coefficient (Wildman–Crippen LogP) is 2.12. The summed E-state index contributed by atoms with van der Waals surface area (Å²) in [5.74, 6) is 0. The topological polar surface area (TPSA) is 45.2 Å². The third kappa shape index (κ3) is 3.55. The van der Waals surface area contributed by atoms with Crippen molar-refractivity contribution >= 4 is 11.3 Å². The van der Waals surface area contributed by atoms with Crippen LogP contribution in [0.3, 0.4) is 0 Å². The standard InChI is InChI=1S/C11H20N2OS/c1-8(10-9(2)13-7-15-10)12-5-11(3,4)6-14/h7-8,12,14H,5-6H2,1-4H3. The van der Waals surface area contributed by atoms with Crippen LogP contribution in [-0.2, 0) is 0 Å². The monoisotopic (exact) mass is 228 g/mol. The Morgan fingerprint density at radius 2 is 2.27 bits per heavy atom. The van der Waals surface area contributed by atoms with E-state index in [9.17, 15) is 0 Å². The molecule has 1 heterocycles. The van der Waals surface area contributed by atoms with E-state index in [0.29, 0.717) is 6.04 Å². The van der Waals surface area contributed by atoms with Gasteiger partial charge in [0.05, 0.1) is 11.2 Å². The minimum Gasteiger partial charge on any atom is -0.396 e. The van der Waals surface area contributed by atoms with Gasteiger partial charge in [-0.1, -0.05) is 13.8 Å². The number of hydrogen-bond donors (Lipinski definition) is 2. The van der Waals surface area contributed by atoms with Gasteiger partial charge in [0.1, 0.15) is 0 Å². The zero-order valence-corrected chi connectivity index (χ0v) is 10.7. The van der Waals surface area contributed by atoms with Gasteiger partial charge in [0.15, 0.2) is 0 Å². The van der Waals surface area contributed by atoms with Gasteiger partial charge in [-0.15, -0.1) is 11.3 Å². The van der Waals surface area contributed by atoms with Gasteiger partial charge < -0.3 is 10.4 Å². The molecule has 0 saturated heterocycles. The number of rotatable bonds is 5. The maximum absolute atomic E-state index is 9.14. The Morgan fingerprint density at radius 1 is 1.60 bits per heavy atom. The van der Waals surface area contributed by atoms with E-state index in [0.717, 1.165) is 12.2 Å². The lowest BCUT2D eigenvalue weighted by molar-refractivity contribution is 0.154. The van der Waals surface area contributed by atoms with Gasteiger partial charge in [-0.3, -0.25) is 0 Å². The van der Waals surface area contributed by atoms with Crippen LogP contribution in [0.25, 0.3) is 0 Å². The lowest BCUT2D eigenvalue weighted by Crippen LogP contribution is -2.33. The Labute approximate surface area is 95.6 Å². The smallest absolute Gasteiger partial charge is 0.0798 e. The molecule has 0 amide bonds. The van der Waals surface area contributed by atoms with E-state index in [1.807, 2.05) is 26.3 Å². The number of aliphatic hydroxyl groups is 1. The van der Waals surface area contributed by atoms with Crippen LogP contribution in [0.5, 0.6) is 0 Å². The molecule has 0 bridgehead atoms. The highest BCUT2D eigenvalue weighted by atomic mass is 32.1. The summed E-state index contributed by atoms with van der Waals surface area (Å²) in [6.45, 7) is 9.27. The minimum absolute atomic E-state index is 0.0626. The van der Waals surface area contributed by atoms with Crippen molar-refractivity contribution in [2.45, 2.75) is 33.7 Å². The van der Waals surface area contributed by atoms with Gasteiger partial charge in [-0.2, -0.15) is 0 Å². The number of thiazole rings is 1. The van der Waals surface area contributed by atoms with Gasteiger partial charge in [-0.25, -0.2) is 4.98 Å². The molecular formula is C11H20N2OS. The van der Waals surface area contributed by atoms with Gasteiger partial charge in [-0.05, 0) is 13.8 Å². The second kappa shape index (κ2) is 5.05. The first-order chi connectivity index (χ1) is 6.96. The molecule has 3 nitrogen and oxygen atoms in total. The van der Waals surface area contributed by atoms with Crippen LogP contribution in [0.15, 0.2) is 5.51 Å². The molecule has 0 saturated carbocycles. The Kier molecular flexibility index (Phi) is 4.25.